The summed E-state index contributed by atoms with van der Waals surface area (Å²) in [4.78, 5) is 17.8. The van der Waals surface area contributed by atoms with E-state index in [0.29, 0.717) is 29.7 Å². The van der Waals surface area contributed by atoms with Crippen LogP contribution in [-0.4, -0.2) is 25.8 Å². The van der Waals surface area contributed by atoms with Crippen LogP contribution in [0.25, 0.3) is 34.0 Å². The van der Waals surface area contributed by atoms with Crippen molar-refractivity contribution in [3.8, 4) is 0 Å². The van der Waals surface area contributed by atoms with Gasteiger partial charge in [-0.05, 0) is 65.4 Å². The van der Waals surface area contributed by atoms with Gasteiger partial charge in [-0.15, -0.1) is 0 Å². The first-order valence-corrected chi connectivity index (χ1v) is 10.2. The molecule has 0 amide bonds. The average molecular weight is 485 g/mol. The van der Waals surface area contributed by atoms with E-state index in [2.05, 4.69) is 45.5 Å². The van der Waals surface area contributed by atoms with Gasteiger partial charge in [0.1, 0.15) is 5.82 Å². The zero-order chi connectivity index (χ0) is 19.7. The third kappa shape index (κ3) is 3.49. The molecule has 0 aliphatic carbocycles. The summed E-state index contributed by atoms with van der Waals surface area (Å²) in [7, 11) is 2.02. The van der Waals surface area contributed by atoms with Crippen LogP contribution in [0, 0.1) is 3.57 Å². The van der Waals surface area contributed by atoms with E-state index in [0.717, 1.165) is 20.0 Å². The van der Waals surface area contributed by atoms with Crippen LogP contribution in [0.3, 0.4) is 0 Å². The van der Waals surface area contributed by atoms with Gasteiger partial charge in [0.15, 0.2) is 0 Å². The van der Waals surface area contributed by atoms with E-state index in [1.54, 1.807) is 4.57 Å². The van der Waals surface area contributed by atoms with Crippen LogP contribution in [0.1, 0.15) is 17.8 Å². The number of para-hydroxylation sites is 1. The van der Waals surface area contributed by atoms with Crippen molar-refractivity contribution in [2.75, 3.05) is 6.61 Å². The Hall–Kier alpha value is -2.45. The fourth-order valence-electron chi connectivity index (χ4n) is 3.45. The van der Waals surface area contributed by atoms with Gasteiger partial charge in [0.05, 0.1) is 10.9 Å². The van der Waals surface area contributed by atoms with Crippen molar-refractivity contribution in [1.82, 2.24) is 14.1 Å². The summed E-state index contributed by atoms with van der Waals surface area (Å²) < 4.78 is 4.73. The second kappa shape index (κ2) is 7.89. The molecule has 0 bridgehead atoms. The van der Waals surface area contributed by atoms with E-state index in [4.69, 9.17) is 4.98 Å². The Morgan fingerprint density at radius 3 is 2.79 bits per heavy atom. The van der Waals surface area contributed by atoms with Crippen LogP contribution in [-0.2, 0) is 13.6 Å². The third-order valence-corrected chi connectivity index (χ3v) is 5.50. The Balaban J connectivity index is 1.85. The minimum absolute atomic E-state index is 0.0310. The molecule has 0 unspecified atom stereocenters. The molecule has 2 aromatic carbocycles. The molecule has 28 heavy (non-hydrogen) atoms. The third-order valence-electron chi connectivity index (χ3n) is 4.83. The minimum atomic E-state index is -0.0745. The minimum Gasteiger partial charge on any atom is -0.396 e. The van der Waals surface area contributed by atoms with Gasteiger partial charge in [0.25, 0.3) is 5.56 Å². The predicted octanol–water partition coefficient (Wildman–Crippen LogP) is 4.05. The highest BCUT2D eigenvalue weighted by molar-refractivity contribution is 14.1. The molecular formula is C22H20IN3O2. The maximum Gasteiger partial charge on any atom is 0.261 e. The number of halogens is 1. The van der Waals surface area contributed by atoms with Gasteiger partial charge in [-0.2, -0.15) is 0 Å². The number of rotatable bonds is 5. The molecule has 0 spiro atoms. The van der Waals surface area contributed by atoms with Crippen molar-refractivity contribution >= 4 is 56.5 Å². The number of nitrogens with zero attached hydrogens (tertiary/aromatic N) is 3. The predicted molar refractivity (Wildman–Crippen MR) is 122 cm³/mol. The monoisotopic (exact) mass is 485 g/mol. The van der Waals surface area contributed by atoms with Crippen molar-refractivity contribution in [3.05, 3.63) is 74.0 Å². The summed E-state index contributed by atoms with van der Waals surface area (Å²) in [6.45, 7) is 0.461. The first kappa shape index (κ1) is 18.9. The number of fused-ring (bicyclic) bond motifs is 2. The molecule has 142 valence electrons. The van der Waals surface area contributed by atoms with Crippen molar-refractivity contribution < 1.29 is 5.11 Å². The number of aliphatic hydroxyl groups is 1. The summed E-state index contributed by atoms with van der Waals surface area (Å²) in [5.41, 5.74) is 2.84. The first-order chi connectivity index (χ1) is 13.6. The molecule has 2 aromatic heterocycles. The second-order valence-corrected chi connectivity index (χ2v) is 7.96. The van der Waals surface area contributed by atoms with Crippen molar-refractivity contribution in [2.24, 2.45) is 7.05 Å². The highest BCUT2D eigenvalue weighted by atomic mass is 127. The highest BCUT2D eigenvalue weighted by Crippen LogP contribution is 2.22. The van der Waals surface area contributed by atoms with E-state index >= 15 is 0 Å². The molecule has 0 fully saturated rings. The maximum atomic E-state index is 13.0. The van der Waals surface area contributed by atoms with Gasteiger partial charge >= 0.3 is 0 Å². The summed E-state index contributed by atoms with van der Waals surface area (Å²) >= 11 is 2.20. The van der Waals surface area contributed by atoms with E-state index in [9.17, 15) is 9.90 Å². The lowest BCUT2D eigenvalue weighted by Gasteiger charge is -2.10. The van der Waals surface area contributed by atoms with Crippen LogP contribution in [0.2, 0.25) is 0 Å². The van der Waals surface area contributed by atoms with Crippen LogP contribution in [0.5, 0.6) is 0 Å². The topological polar surface area (TPSA) is 60.0 Å². The lowest BCUT2D eigenvalue weighted by atomic mass is 10.1. The Morgan fingerprint density at radius 2 is 1.96 bits per heavy atom. The van der Waals surface area contributed by atoms with Gasteiger partial charge in [-0.3, -0.25) is 9.36 Å². The lowest BCUT2D eigenvalue weighted by Crippen LogP contribution is -2.24. The Bertz CT molecular complexity index is 1250. The van der Waals surface area contributed by atoms with E-state index in [1.165, 1.54) is 0 Å². The largest absolute Gasteiger partial charge is 0.396 e. The molecule has 6 heteroatoms. The van der Waals surface area contributed by atoms with Gasteiger partial charge in [0, 0.05) is 46.4 Å². The zero-order valence-corrected chi connectivity index (χ0v) is 17.6. The molecule has 0 atom stereocenters. The number of aliphatic hydroxyl groups excluding tert-OH is 1. The molecule has 0 saturated carbocycles. The quantitative estimate of drug-likeness (QED) is 0.434. The van der Waals surface area contributed by atoms with Gasteiger partial charge < -0.3 is 9.67 Å². The summed E-state index contributed by atoms with van der Waals surface area (Å²) in [6.07, 6.45) is 6.46. The smallest absolute Gasteiger partial charge is 0.261 e. The number of aromatic nitrogens is 3. The van der Waals surface area contributed by atoms with Crippen LogP contribution in [0.4, 0.5) is 0 Å². The SMILES string of the molecule is Cn1cc(C=Cc2nc3ccc(I)cc3c(=O)n2CCCO)c2ccccc21. The zero-order valence-electron chi connectivity index (χ0n) is 15.5. The molecule has 0 aliphatic rings. The van der Waals surface area contributed by atoms with Crippen LogP contribution in [0.15, 0.2) is 53.5 Å². The Morgan fingerprint density at radius 1 is 1.14 bits per heavy atom. The van der Waals surface area contributed by atoms with Gasteiger partial charge in [0.2, 0.25) is 0 Å². The first-order valence-electron chi connectivity index (χ1n) is 9.11. The number of aryl methyl sites for hydroxylation is 1. The standard InChI is InChI=1S/C22H20IN3O2/c1-25-14-15(17-5-2-3-6-20(17)25)7-10-21-24-19-9-8-16(23)13-18(19)22(28)26(21)11-4-12-27/h2-3,5-10,13-14,27H,4,11-12H2,1H3. The van der Waals surface area contributed by atoms with Crippen LogP contribution >= 0.6 is 22.6 Å². The molecule has 2 heterocycles. The van der Waals surface area contributed by atoms with E-state index < -0.39 is 0 Å². The number of benzene rings is 2. The fraction of sp³-hybridized carbons (Fsp3) is 0.182. The van der Waals surface area contributed by atoms with E-state index in [1.807, 2.05) is 49.5 Å². The Kier molecular flexibility index (Phi) is 5.32. The van der Waals surface area contributed by atoms with Crippen LogP contribution < -0.4 is 5.56 Å². The summed E-state index contributed by atoms with van der Waals surface area (Å²) in [6, 6.07) is 13.9. The van der Waals surface area contributed by atoms with Crippen molar-refractivity contribution in [2.45, 2.75) is 13.0 Å². The molecule has 0 aliphatic heterocycles. The molecule has 5 nitrogen and oxygen atoms in total. The number of hydrogen-bond acceptors (Lipinski definition) is 3. The summed E-state index contributed by atoms with van der Waals surface area (Å²) in [5, 5.41) is 11.0. The highest BCUT2D eigenvalue weighted by Gasteiger charge is 2.10. The molecule has 0 saturated heterocycles. The van der Waals surface area contributed by atoms with Crippen molar-refractivity contribution in [3.63, 3.8) is 0 Å². The second-order valence-electron chi connectivity index (χ2n) is 6.71. The van der Waals surface area contributed by atoms with Crippen molar-refractivity contribution in [1.29, 1.82) is 0 Å². The average Bonchev–Trinajstić information content (AvgIpc) is 3.02. The molecule has 4 rings (SSSR count). The Labute approximate surface area is 176 Å². The fourth-order valence-corrected chi connectivity index (χ4v) is 3.94. The molecular weight excluding hydrogens is 465 g/mol. The molecule has 4 aromatic rings. The normalized spacial score (nSPS) is 11.8. The maximum absolute atomic E-state index is 13.0. The number of hydrogen-bond donors (Lipinski definition) is 1. The lowest BCUT2D eigenvalue weighted by molar-refractivity contribution is 0.278. The summed E-state index contributed by atoms with van der Waals surface area (Å²) in [5.74, 6) is 0.597. The van der Waals surface area contributed by atoms with E-state index in [-0.39, 0.29) is 12.2 Å². The van der Waals surface area contributed by atoms with Gasteiger partial charge in [-0.1, -0.05) is 18.2 Å². The molecule has 0 radical (unpaired) electrons. The molecule has 1 N–H and O–H groups in total. The van der Waals surface area contributed by atoms with Gasteiger partial charge in [-0.25, -0.2) is 4.98 Å².